The number of esters is 1. The van der Waals surface area contributed by atoms with Crippen molar-refractivity contribution >= 4 is 16.0 Å². The van der Waals surface area contributed by atoms with Gasteiger partial charge in [-0.2, -0.15) is 0 Å². The smallest absolute Gasteiger partial charge is 0.337 e. The summed E-state index contributed by atoms with van der Waals surface area (Å²) in [6.07, 6.45) is 0. The predicted octanol–water partition coefficient (Wildman–Crippen LogP) is 2.55. The molecule has 1 aliphatic rings. The second-order valence-electron chi connectivity index (χ2n) is 5.93. The molecule has 1 atom stereocenters. The van der Waals surface area contributed by atoms with E-state index in [1.807, 2.05) is 0 Å². The zero-order chi connectivity index (χ0) is 18.9. The molecule has 1 aliphatic heterocycles. The van der Waals surface area contributed by atoms with Gasteiger partial charge in [0.2, 0.25) is 16.8 Å². The summed E-state index contributed by atoms with van der Waals surface area (Å²) in [5, 5.41) is 0. The molecule has 0 saturated carbocycles. The Bertz CT molecular complexity index is 954. The molecule has 0 bridgehead atoms. The Morgan fingerprint density at radius 1 is 1.15 bits per heavy atom. The molecule has 2 aromatic carbocycles. The van der Waals surface area contributed by atoms with E-state index in [1.54, 1.807) is 38.1 Å². The molecule has 0 fully saturated rings. The number of hydrogen-bond donors (Lipinski definition) is 1. The van der Waals surface area contributed by atoms with Crippen LogP contribution >= 0.6 is 0 Å². The van der Waals surface area contributed by atoms with E-state index >= 15 is 0 Å². The van der Waals surface area contributed by atoms with Gasteiger partial charge in [-0.15, -0.1) is 0 Å². The van der Waals surface area contributed by atoms with E-state index in [0.29, 0.717) is 17.1 Å². The maximum atomic E-state index is 12.8. The van der Waals surface area contributed by atoms with Crippen LogP contribution in [0.3, 0.4) is 0 Å². The molecule has 26 heavy (non-hydrogen) atoms. The number of nitrogens with one attached hydrogen (secondary N) is 1. The van der Waals surface area contributed by atoms with Gasteiger partial charge in [-0.1, -0.05) is 12.1 Å². The standard InChI is InChI=1S/C18H19NO6S/c1-11-4-5-14(18(20)23-3)9-17(11)26(21,22)19-12(2)13-6-7-15-16(8-13)25-10-24-15/h4-9,12,19H,10H2,1-3H3. The molecule has 7 nitrogen and oxygen atoms in total. The van der Waals surface area contributed by atoms with Crippen LogP contribution in [-0.4, -0.2) is 28.3 Å². The van der Waals surface area contributed by atoms with Crippen molar-refractivity contribution in [3.63, 3.8) is 0 Å². The summed E-state index contributed by atoms with van der Waals surface area (Å²) in [5.41, 5.74) is 1.44. The quantitative estimate of drug-likeness (QED) is 0.806. The Morgan fingerprint density at radius 2 is 1.88 bits per heavy atom. The molecule has 8 heteroatoms. The van der Waals surface area contributed by atoms with Crippen molar-refractivity contribution in [1.29, 1.82) is 0 Å². The van der Waals surface area contributed by atoms with E-state index in [9.17, 15) is 13.2 Å². The lowest BCUT2D eigenvalue weighted by atomic mass is 10.1. The molecule has 0 saturated heterocycles. The van der Waals surface area contributed by atoms with Gasteiger partial charge >= 0.3 is 5.97 Å². The van der Waals surface area contributed by atoms with Crippen LogP contribution in [0.15, 0.2) is 41.3 Å². The van der Waals surface area contributed by atoms with Crippen LogP contribution in [0.5, 0.6) is 11.5 Å². The fraction of sp³-hybridized carbons (Fsp3) is 0.278. The zero-order valence-electron chi connectivity index (χ0n) is 14.6. The second kappa shape index (κ2) is 6.97. The van der Waals surface area contributed by atoms with Gasteiger partial charge in [-0.3, -0.25) is 0 Å². The van der Waals surface area contributed by atoms with Crippen molar-refractivity contribution in [2.45, 2.75) is 24.8 Å². The molecule has 0 spiro atoms. The fourth-order valence-corrected chi connectivity index (χ4v) is 4.18. The van der Waals surface area contributed by atoms with Crippen LogP contribution in [0.25, 0.3) is 0 Å². The first-order valence-corrected chi connectivity index (χ1v) is 9.41. The normalized spacial score (nSPS) is 14.1. The molecular formula is C18H19NO6S. The van der Waals surface area contributed by atoms with E-state index in [1.165, 1.54) is 19.2 Å². The van der Waals surface area contributed by atoms with Crippen molar-refractivity contribution in [2.75, 3.05) is 13.9 Å². The molecule has 1 heterocycles. The van der Waals surface area contributed by atoms with E-state index in [4.69, 9.17) is 9.47 Å². The van der Waals surface area contributed by atoms with Crippen molar-refractivity contribution in [3.05, 3.63) is 53.1 Å². The van der Waals surface area contributed by atoms with Gasteiger partial charge in [-0.05, 0) is 49.2 Å². The molecule has 138 valence electrons. The molecule has 1 N–H and O–H groups in total. The number of methoxy groups -OCH3 is 1. The minimum Gasteiger partial charge on any atom is -0.465 e. The van der Waals surface area contributed by atoms with Crippen molar-refractivity contribution in [3.8, 4) is 11.5 Å². The number of sulfonamides is 1. The van der Waals surface area contributed by atoms with Crippen LogP contribution < -0.4 is 14.2 Å². The number of benzene rings is 2. The largest absolute Gasteiger partial charge is 0.465 e. The highest BCUT2D eigenvalue weighted by Crippen LogP contribution is 2.34. The summed E-state index contributed by atoms with van der Waals surface area (Å²) in [4.78, 5) is 11.7. The number of fused-ring (bicyclic) bond motifs is 1. The van der Waals surface area contributed by atoms with E-state index < -0.39 is 22.0 Å². The molecular weight excluding hydrogens is 358 g/mol. The average molecular weight is 377 g/mol. The van der Waals surface area contributed by atoms with Crippen molar-refractivity contribution < 1.29 is 27.4 Å². The van der Waals surface area contributed by atoms with E-state index in [0.717, 1.165) is 5.56 Å². The van der Waals surface area contributed by atoms with Gasteiger partial charge in [0.1, 0.15) is 0 Å². The lowest BCUT2D eigenvalue weighted by Crippen LogP contribution is -2.27. The Kier molecular flexibility index (Phi) is 4.88. The maximum absolute atomic E-state index is 12.8. The van der Waals surface area contributed by atoms with Crippen LogP contribution in [-0.2, 0) is 14.8 Å². The average Bonchev–Trinajstić information content (AvgIpc) is 3.08. The van der Waals surface area contributed by atoms with Crippen molar-refractivity contribution in [1.82, 2.24) is 4.72 Å². The molecule has 0 aromatic heterocycles. The topological polar surface area (TPSA) is 90.9 Å². The SMILES string of the molecule is COC(=O)c1ccc(C)c(S(=O)(=O)NC(C)c2ccc3c(c2)OCO3)c1. The molecule has 3 rings (SSSR count). The predicted molar refractivity (Wildman–Crippen MR) is 93.8 cm³/mol. The van der Waals surface area contributed by atoms with Gasteiger partial charge in [0.15, 0.2) is 11.5 Å². The summed E-state index contributed by atoms with van der Waals surface area (Å²) in [7, 11) is -2.60. The van der Waals surface area contributed by atoms with Gasteiger partial charge in [0.25, 0.3) is 0 Å². The Labute approximate surface area is 151 Å². The fourth-order valence-electron chi connectivity index (χ4n) is 2.68. The molecule has 0 amide bonds. The number of aryl methyl sites for hydroxylation is 1. The van der Waals surface area contributed by atoms with Crippen LogP contribution in [0.2, 0.25) is 0 Å². The third-order valence-corrected chi connectivity index (χ3v) is 5.81. The van der Waals surface area contributed by atoms with Gasteiger partial charge in [0.05, 0.1) is 17.6 Å². The van der Waals surface area contributed by atoms with E-state index in [-0.39, 0.29) is 17.3 Å². The van der Waals surface area contributed by atoms with Crippen LogP contribution in [0.1, 0.15) is 34.5 Å². The minimum atomic E-state index is -3.85. The van der Waals surface area contributed by atoms with Gasteiger partial charge < -0.3 is 14.2 Å². The highest BCUT2D eigenvalue weighted by atomic mass is 32.2. The van der Waals surface area contributed by atoms with Crippen LogP contribution in [0.4, 0.5) is 0 Å². The number of hydrogen-bond acceptors (Lipinski definition) is 6. The third-order valence-electron chi connectivity index (χ3n) is 4.13. The number of carbonyl (C=O) groups excluding carboxylic acids is 1. The molecule has 1 unspecified atom stereocenters. The van der Waals surface area contributed by atoms with Gasteiger partial charge in [0, 0.05) is 6.04 Å². The monoisotopic (exact) mass is 377 g/mol. The van der Waals surface area contributed by atoms with E-state index in [2.05, 4.69) is 9.46 Å². The van der Waals surface area contributed by atoms with Crippen LogP contribution in [0, 0.1) is 6.92 Å². The Morgan fingerprint density at radius 3 is 2.62 bits per heavy atom. The second-order valence-corrected chi connectivity index (χ2v) is 7.61. The molecule has 0 radical (unpaired) electrons. The highest BCUT2D eigenvalue weighted by Gasteiger charge is 2.23. The molecule has 2 aromatic rings. The highest BCUT2D eigenvalue weighted by molar-refractivity contribution is 7.89. The summed E-state index contributed by atoms with van der Waals surface area (Å²) in [6.45, 7) is 3.55. The number of carbonyl (C=O) groups is 1. The summed E-state index contributed by atoms with van der Waals surface area (Å²) in [6, 6.07) is 9.18. The lowest BCUT2D eigenvalue weighted by molar-refractivity contribution is 0.0600. The number of ether oxygens (including phenoxy) is 3. The lowest BCUT2D eigenvalue weighted by Gasteiger charge is -2.16. The maximum Gasteiger partial charge on any atom is 0.337 e. The minimum absolute atomic E-state index is 0.0352. The third kappa shape index (κ3) is 3.51. The van der Waals surface area contributed by atoms with Gasteiger partial charge in [-0.25, -0.2) is 17.9 Å². The first-order valence-electron chi connectivity index (χ1n) is 7.92. The summed E-state index contributed by atoms with van der Waals surface area (Å²) in [5.74, 6) is 0.619. The Hall–Kier alpha value is -2.58. The Balaban J connectivity index is 1.88. The summed E-state index contributed by atoms with van der Waals surface area (Å²) >= 11 is 0. The zero-order valence-corrected chi connectivity index (χ0v) is 15.4. The first kappa shape index (κ1) is 18.2. The summed E-state index contributed by atoms with van der Waals surface area (Å²) < 4.78 is 43.5. The van der Waals surface area contributed by atoms with Crippen molar-refractivity contribution in [2.24, 2.45) is 0 Å². The first-order chi connectivity index (χ1) is 12.3. The molecule has 0 aliphatic carbocycles. The number of rotatable bonds is 5.